The largest absolute Gasteiger partial charge is 0.510 e. The summed E-state index contributed by atoms with van der Waals surface area (Å²) in [6, 6.07) is 23.7. The smallest absolute Gasteiger partial charge is 0.508 e. The van der Waals surface area contributed by atoms with Crippen molar-refractivity contribution in [1.82, 2.24) is 0 Å². The Kier molecular flexibility index (Phi) is 25.0. The van der Waals surface area contributed by atoms with Crippen molar-refractivity contribution in [3.8, 4) is 62.9 Å². The third-order valence-electron chi connectivity index (χ3n) is 16.5. The van der Waals surface area contributed by atoms with Crippen LogP contribution in [0.25, 0.3) is 40.9 Å². The van der Waals surface area contributed by atoms with Crippen LogP contribution in [0.4, 0.5) is 0 Å². The number of aliphatic hydroxyl groups is 12. The van der Waals surface area contributed by atoms with Crippen LogP contribution in [0.3, 0.4) is 0 Å². The number of carbonyl (C=O) groups excluding carboxylic acids is 4. The number of esters is 4. The molecule has 4 aromatic carbocycles. The molecule has 0 unspecified atom stereocenters. The minimum absolute atomic E-state index is 0.00511. The fraction of sp³-hybridized carbons (Fsp3) is 0.362. The number of hydrogen-bond donors (Lipinski definition) is 16. The van der Waals surface area contributed by atoms with Crippen molar-refractivity contribution in [2.45, 2.75) is 129 Å². The first-order valence-electron chi connectivity index (χ1n) is 31.6. The van der Waals surface area contributed by atoms with Gasteiger partial charge >= 0.3 is 29.8 Å². The molecule has 4 aromatic rings. The fourth-order valence-electron chi connectivity index (χ4n) is 10.7. The highest BCUT2D eigenvalue weighted by Crippen LogP contribution is 2.43. The third-order valence-corrected chi connectivity index (χ3v) is 16.5. The number of aliphatic carboxylic acids is 1. The summed E-state index contributed by atoms with van der Waals surface area (Å²) >= 11 is 0. The van der Waals surface area contributed by atoms with E-state index in [9.17, 15) is 105 Å². The van der Waals surface area contributed by atoms with Gasteiger partial charge in [-0.3, -0.25) is 14.4 Å². The number of aliphatic hydroxyl groups excluding tert-OH is 12. The molecule has 5 aliphatic heterocycles. The van der Waals surface area contributed by atoms with Gasteiger partial charge in [-0.25, -0.2) is 9.59 Å². The number of carboxylic acids is 1. The monoisotopic (exact) mass is 1460 g/mol. The van der Waals surface area contributed by atoms with E-state index in [0.717, 1.165) is 48.6 Å². The zero-order chi connectivity index (χ0) is 74.8. The minimum atomic E-state index is -2.14. The molecule has 4 saturated heterocycles. The van der Waals surface area contributed by atoms with Gasteiger partial charge in [0, 0.05) is 29.8 Å². The van der Waals surface area contributed by atoms with Crippen molar-refractivity contribution in [3.63, 3.8) is 0 Å². The number of benzene rings is 5. The summed E-state index contributed by atoms with van der Waals surface area (Å²) in [6.45, 7) is -2.87. The molecule has 4 fully saturated rings. The zero-order valence-corrected chi connectivity index (χ0v) is 53.9. The van der Waals surface area contributed by atoms with Crippen molar-refractivity contribution >= 4 is 48.1 Å². The van der Waals surface area contributed by atoms with Crippen LogP contribution in [0.2, 0.25) is 0 Å². The Morgan fingerprint density at radius 2 is 0.827 bits per heavy atom. The SMILES string of the molecule is O=C(O)CC(=O)OC[C@H]1O[C@@H](Oc2cc3c(=O)cc(O[C@@H]4O[C@H](COC(=[OH+])C=Cc5ccc(O)cc5)[C@@H](O)[C@H](O)[C@H]4O)cc-3oc2-c2ccc(O)c(O[C@@H]3O[C@H](COC(=O)/C=C/c4ccc(O[C@@H]5O[C@H](COC(=O)C=Cc6ccc(O)cc6)[C@@H](O)[C@H](O)[C@H]5O)cc4)[C@@H](O)[C@H](O)[C@H]3O)c2)[C@H](O)[C@@H](O)[C@@H]1O. The van der Waals surface area contributed by atoms with Crippen LogP contribution >= 0.6 is 0 Å². The standard InChI is InChI=1S/C69H70O35/c70-34-11-1-30(2-12-34)7-18-49(76)92-26-44-53(80)57(84)61(88)66(101-44)96-36-15-5-32(6-16-36)9-20-51(78)94-28-46-55(82)59(86)63(90)68(103-46)99-42-21-33(10-17-39(42)72)65-43(100-69-64(91)60(87)56(83)47(104-69)29-95-52(79)25-48(74)75)24-38-40(73)22-37(23-41(38)98-65)97-67-62(89)58(85)54(81)45(102-67)27-93-50(77)19-8-31-3-13-35(71)14-4-31/h1-24,44-47,53-64,66-72,80-91H,25-29H2,(H,74,75)/p+1/b18-7?,19-8?,20-9+/t44-,45-,46-,47-,53-,54-,55-,56-,57+,58+,59+,60+,61-,62-,63-,64-,66-,67-,68-,69-/m1/s1. The molecule has 1 aliphatic carbocycles. The number of aromatic hydroxyl groups is 3. The molecule has 0 aromatic heterocycles. The van der Waals surface area contributed by atoms with Crippen LogP contribution in [0, 0.1) is 0 Å². The Labute approximate surface area is 586 Å². The summed E-state index contributed by atoms with van der Waals surface area (Å²) in [4.78, 5) is 73.2. The Balaban J connectivity index is 0.826. The average Bonchev–Trinajstić information content (AvgIpc) is 0.764. The molecule has 0 saturated carbocycles. The van der Waals surface area contributed by atoms with Crippen molar-refractivity contribution in [3.05, 3.63) is 154 Å². The predicted octanol–water partition coefficient (Wildman–Crippen LogP) is -1.96. The second kappa shape index (κ2) is 34.0. The molecule has 0 radical (unpaired) electrons. The van der Waals surface area contributed by atoms with E-state index in [2.05, 4.69) is 0 Å². The first kappa shape index (κ1) is 76.5. The summed E-state index contributed by atoms with van der Waals surface area (Å²) in [5.41, 5.74) is 0.0462. The summed E-state index contributed by atoms with van der Waals surface area (Å²) in [7, 11) is 0. The highest BCUT2D eigenvalue weighted by molar-refractivity contribution is 5.90. The maximum absolute atomic E-state index is 14.0. The number of carboxylic acid groups (broad SMARTS) is 1. The summed E-state index contributed by atoms with van der Waals surface area (Å²) in [6.07, 6.45) is -30.8. The minimum Gasteiger partial charge on any atom is -0.508 e. The van der Waals surface area contributed by atoms with Crippen LogP contribution in [0.1, 0.15) is 23.1 Å². The quantitative estimate of drug-likeness (QED) is 0.00972. The van der Waals surface area contributed by atoms with E-state index in [0.29, 0.717) is 16.7 Å². The van der Waals surface area contributed by atoms with E-state index in [1.165, 1.54) is 85.0 Å². The number of fused-ring (bicyclic) bond motifs is 1. The molecule has 5 heterocycles. The Hall–Kier alpha value is -10.2. The number of ether oxygens (including phenoxy) is 12. The van der Waals surface area contributed by atoms with Gasteiger partial charge in [-0.1, -0.05) is 36.4 Å². The lowest BCUT2D eigenvalue weighted by atomic mass is 9.99. The van der Waals surface area contributed by atoms with Crippen LogP contribution in [0.15, 0.2) is 137 Å². The molecule has 104 heavy (non-hydrogen) atoms. The number of phenolic OH excluding ortho intramolecular Hbond substituents is 3. The summed E-state index contributed by atoms with van der Waals surface area (Å²) in [5, 5.41) is 170. The second-order valence-corrected chi connectivity index (χ2v) is 23.9. The predicted molar refractivity (Wildman–Crippen MR) is 346 cm³/mol. The molecule has 0 spiro atoms. The zero-order valence-electron chi connectivity index (χ0n) is 53.9. The van der Waals surface area contributed by atoms with Gasteiger partial charge in [0.05, 0.1) is 11.6 Å². The third kappa shape index (κ3) is 19.0. The van der Waals surface area contributed by atoms with Crippen LogP contribution < -0.4 is 24.4 Å². The van der Waals surface area contributed by atoms with Gasteiger partial charge in [-0.15, -0.1) is 0 Å². The first-order chi connectivity index (χ1) is 49.6. The average molecular weight is 1460 g/mol. The van der Waals surface area contributed by atoms with E-state index in [-0.39, 0.29) is 34.1 Å². The lowest BCUT2D eigenvalue weighted by Crippen LogP contribution is -2.60. The van der Waals surface area contributed by atoms with Crippen molar-refractivity contribution in [2.75, 3.05) is 26.4 Å². The first-order valence-corrected chi connectivity index (χ1v) is 31.6. The van der Waals surface area contributed by atoms with Crippen molar-refractivity contribution in [2.24, 2.45) is 0 Å². The summed E-state index contributed by atoms with van der Waals surface area (Å²) < 4.78 is 73.3. The van der Waals surface area contributed by atoms with Crippen molar-refractivity contribution < 1.29 is 167 Å². The van der Waals surface area contributed by atoms with Gasteiger partial charge in [-0.2, -0.15) is 0 Å². The van der Waals surface area contributed by atoms with Gasteiger partial charge < -0.3 is 148 Å². The summed E-state index contributed by atoms with van der Waals surface area (Å²) in [5.74, 6) is -8.32. The van der Waals surface area contributed by atoms with Gasteiger partial charge in [0.2, 0.25) is 31.8 Å². The van der Waals surface area contributed by atoms with E-state index >= 15 is 0 Å². The molecular weight excluding hydrogens is 1390 g/mol. The van der Waals surface area contributed by atoms with E-state index in [1.54, 1.807) is 12.1 Å². The number of carbonyl (C=O) groups is 4. The lowest BCUT2D eigenvalue weighted by molar-refractivity contribution is -0.278. The maximum atomic E-state index is 14.0. The molecule has 10 rings (SSSR count). The van der Waals surface area contributed by atoms with Gasteiger partial charge in [0.25, 0.3) is 0 Å². The Morgan fingerprint density at radius 3 is 1.29 bits per heavy atom. The topological polar surface area (TPSA) is 554 Å². The molecule has 556 valence electrons. The number of rotatable bonds is 25. The fourth-order valence-corrected chi connectivity index (χ4v) is 10.7. The molecule has 35 nitrogen and oxygen atoms in total. The number of hydrogen-bond acceptors (Lipinski definition) is 33. The molecular formula is C69H71O35+. The molecule has 0 amide bonds. The molecule has 20 atom stereocenters. The van der Waals surface area contributed by atoms with Crippen LogP contribution in [-0.2, 0) is 57.1 Å². The molecule has 17 N–H and O–H groups in total. The highest BCUT2D eigenvalue weighted by atomic mass is 16.7. The molecule has 0 bridgehead atoms. The normalized spacial score (nSPS) is 29.3. The van der Waals surface area contributed by atoms with Crippen LogP contribution in [-0.4, -0.2) is 266 Å². The van der Waals surface area contributed by atoms with E-state index in [4.69, 9.17) is 66.4 Å². The molecule has 35 heteroatoms. The van der Waals surface area contributed by atoms with Gasteiger partial charge in [-0.05, 0) is 95.6 Å². The molecule has 6 aliphatic rings. The Bertz CT molecular complexity index is 4080. The van der Waals surface area contributed by atoms with E-state index < -0.39 is 220 Å². The second-order valence-electron chi connectivity index (χ2n) is 23.9. The van der Waals surface area contributed by atoms with Crippen LogP contribution in [0.5, 0.6) is 40.2 Å². The highest BCUT2D eigenvalue weighted by Gasteiger charge is 2.50. The van der Waals surface area contributed by atoms with E-state index in [1.807, 2.05) is 0 Å². The van der Waals surface area contributed by atoms with Crippen molar-refractivity contribution in [1.29, 1.82) is 0 Å². The Morgan fingerprint density at radius 1 is 0.423 bits per heavy atom. The lowest BCUT2D eigenvalue weighted by Gasteiger charge is -2.40. The number of phenols is 3. The van der Waals surface area contributed by atoms with Gasteiger partial charge in [0.1, 0.15) is 147 Å². The maximum Gasteiger partial charge on any atom is 0.510 e. The van der Waals surface area contributed by atoms with Gasteiger partial charge in [0.15, 0.2) is 34.5 Å².